The Hall–Kier alpha value is -2.84. The zero-order chi connectivity index (χ0) is 19.4. The first-order valence-corrected chi connectivity index (χ1v) is 7.27. The summed E-state index contributed by atoms with van der Waals surface area (Å²) in [5.74, 6) is -11.1. The molecule has 2 aromatic rings. The number of halogens is 6. The number of hydrogen-bond acceptors (Lipinski definition) is 2. The highest BCUT2D eigenvalue weighted by molar-refractivity contribution is 6.36. The first kappa shape index (κ1) is 19.5. The second kappa shape index (κ2) is 8.03. The zero-order valence-electron chi connectivity index (χ0n) is 13.0. The molecule has 2 aromatic carbocycles. The Kier molecular flexibility index (Phi) is 6.01. The molecule has 0 atom stereocenters. The van der Waals surface area contributed by atoms with E-state index in [2.05, 4.69) is 5.32 Å². The van der Waals surface area contributed by atoms with Crippen molar-refractivity contribution in [2.24, 2.45) is 0 Å². The lowest BCUT2D eigenvalue weighted by molar-refractivity contribution is -0.138. The van der Waals surface area contributed by atoms with Gasteiger partial charge in [-0.15, -0.1) is 0 Å². The van der Waals surface area contributed by atoms with E-state index < -0.39 is 59.6 Å². The Morgan fingerprint density at radius 3 is 1.62 bits per heavy atom. The highest BCUT2D eigenvalue weighted by atomic mass is 19.2. The Labute approximate surface area is 143 Å². The highest BCUT2D eigenvalue weighted by Crippen LogP contribution is 2.15. The van der Waals surface area contributed by atoms with Crippen molar-refractivity contribution in [3.63, 3.8) is 0 Å². The maximum Gasteiger partial charge on any atom is 0.287 e. The van der Waals surface area contributed by atoms with E-state index >= 15 is 0 Å². The molecule has 1 amide bonds. The van der Waals surface area contributed by atoms with Gasteiger partial charge in [0.05, 0.1) is 0 Å². The number of benzene rings is 2. The Morgan fingerprint density at radius 1 is 0.731 bits per heavy atom. The number of amides is 1. The van der Waals surface area contributed by atoms with Crippen LogP contribution in [-0.4, -0.2) is 11.7 Å². The summed E-state index contributed by atoms with van der Waals surface area (Å²) in [6.07, 6.45) is -0.650. The topological polar surface area (TPSA) is 46.2 Å². The molecular formula is C17H11F6NO2. The van der Waals surface area contributed by atoms with Crippen LogP contribution in [-0.2, 0) is 22.6 Å². The summed E-state index contributed by atoms with van der Waals surface area (Å²) in [4.78, 5) is 23.3. The summed E-state index contributed by atoms with van der Waals surface area (Å²) in [6.45, 7) is -0.432. The molecule has 0 aromatic heterocycles. The minimum atomic E-state index is -1.66. The normalized spacial score (nSPS) is 10.7. The van der Waals surface area contributed by atoms with Crippen LogP contribution in [0.25, 0.3) is 0 Å². The second-order valence-corrected chi connectivity index (χ2v) is 5.35. The van der Waals surface area contributed by atoms with Gasteiger partial charge in [0.1, 0.15) is 0 Å². The van der Waals surface area contributed by atoms with Crippen molar-refractivity contribution >= 4 is 11.7 Å². The van der Waals surface area contributed by atoms with Crippen LogP contribution in [0.2, 0.25) is 0 Å². The second-order valence-electron chi connectivity index (χ2n) is 5.35. The Morgan fingerprint density at radius 2 is 1.15 bits per heavy atom. The maximum atomic E-state index is 13.1. The molecule has 0 spiro atoms. The minimum absolute atomic E-state index is 0.0229. The summed E-state index contributed by atoms with van der Waals surface area (Å²) >= 11 is 0. The Balaban J connectivity index is 1.91. The van der Waals surface area contributed by atoms with Crippen molar-refractivity contribution in [2.75, 3.05) is 0 Å². The third-order valence-electron chi connectivity index (χ3n) is 3.43. The van der Waals surface area contributed by atoms with Gasteiger partial charge in [-0.2, -0.15) is 0 Å². The number of nitrogens with one attached hydrogen (secondary N) is 1. The van der Waals surface area contributed by atoms with Gasteiger partial charge in [0.15, 0.2) is 34.9 Å². The number of rotatable bonds is 6. The molecule has 0 aliphatic heterocycles. The molecule has 0 aliphatic rings. The molecule has 1 N–H and O–H groups in total. The monoisotopic (exact) mass is 375 g/mol. The molecule has 0 radical (unpaired) electrons. The van der Waals surface area contributed by atoms with Crippen LogP contribution in [0.15, 0.2) is 24.3 Å². The van der Waals surface area contributed by atoms with Gasteiger partial charge in [-0.25, -0.2) is 26.3 Å². The first-order valence-electron chi connectivity index (χ1n) is 7.27. The van der Waals surface area contributed by atoms with Crippen LogP contribution in [0, 0.1) is 34.9 Å². The largest absolute Gasteiger partial charge is 0.345 e. The Bertz CT molecular complexity index is 751. The van der Waals surface area contributed by atoms with Crippen LogP contribution in [0.3, 0.4) is 0 Å². The fourth-order valence-corrected chi connectivity index (χ4v) is 2.11. The van der Waals surface area contributed by atoms with E-state index in [4.69, 9.17) is 0 Å². The van der Waals surface area contributed by atoms with Crippen LogP contribution < -0.4 is 5.32 Å². The zero-order valence-corrected chi connectivity index (χ0v) is 13.0. The van der Waals surface area contributed by atoms with E-state index in [1.54, 1.807) is 0 Å². The van der Waals surface area contributed by atoms with Gasteiger partial charge in [0.25, 0.3) is 5.91 Å². The molecule has 3 nitrogen and oxygen atoms in total. The van der Waals surface area contributed by atoms with Gasteiger partial charge in [0, 0.05) is 13.0 Å². The van der Waals surface area contributed by atoms with Crippen molar-refractivity contribution < 1.29 is 35.9 Å². The molecular weight excluding hydrogens is 364 g/mol. The van der Waals surface area contributed by atoms with E-state index in [0.717, 1.165) is 0 Å². The van der Waals surface area contributed by atoms with E-state index in [1.165, 1.54) is 0 Å². The summed E-state index contributed by atoms with van der Waals surface area (Å²) in [5, 5.41) is 2.09. The average Bonchev–Trinajstić information content (AvgIpc) is 2.59. The van der Waals surface area contributed by atoms with Gasteiger partial charge in [-0.1, -0.05) is 0 Å². The fourth-order valence-electron chi connectivity index (χ4n) is 2.11. The predicted molar refractivity (Wildman–Crippen MR) is 77.8 cm³/mol. The summed E-state index contributed by atoms with van der Waals surface area (Å²) in [5.41, 5.74) is -0.129. The molecule has 0 unspecified atom stereocenters. The van der Waals surface area contributed by atoms with Crippen LogP contribution in [0.5, 0.6) is 0 Å². The number of hydrogen-bond donors (Lipinski definition) is 1. The predicted octanol–water partition coefficient (Wildman–Crippen LogP) is 3.34. The molecule has 2 rings (SSSR count). The number of carbonyl (C=O) groups excluding carboxylic acids is 2. The SMILES string of the molecule is O=C(CCc1cc(F)c(F)c(F)c1)C(=O)NCc1cc(F)c(F)c(F)c1. The van der Waals surface area contributed by atoms with Crippen molar-refractivity contribution in [1.29, 1.82) is 0 Å². The molecule has 0 saturated heterocycles. The van der Waals surface area contributed by atoms with Gasteiger partial charge < -0.3 is 5.32 Å². The van der Waals surface area contributed by atoms with E-state index in [0.29, 0.717) is 24.3 Å². The van der Waals surface area contributed by atoms with Gasteiger partial charge in [0.2, 0.25) is 5.78 Å². The fraction of sp³-hybridized carbons (Fsp3) is 0.176. The van der Waals surface area contributed by atoms with E-state index in [1.807, 2.05) is 0 Å². The number of aryl methyl sites for hydroxylation is 1. The molecule has 138 valence electrons. The van der Waals surface area contributed by atoms with Crippen molar-refractivity contribution in [2.45, 2.75) is 19.4 Å². The van der Waals surface area contributed by atoms with Crippen molar-refractivity contribution in [1.82, 2.24) is 5.32 Å². The van der Waals surface area contributed by atoms with Crippen molar-refractivity contribution in [3.8, 4) is 0 Å². The lowest BCUT2D eigenvalue weighted by Crippen LogP contribution is -2.30. The number of Topliss-reactive ketones (excluding diaryl/α,β-unsaturated/α-hetero) is 1. The molecule has 26 heavy (non-hydrogen) atoms. The van der Waals surface area contributed by atoms with Crippen molar-refractivity contribution in [3.05, 3.63) is 70.3 Å². The summed E-state index contributed by atoms with van der Waals surface area (Å²) in [6, 6.07) is 2.72. The molecule has 9 heteroatoms. The lowest BCUT2D eigenvalue weighted by atomic mass is 10.1. The first-order chi connectivity index (χ1) is 12.2. The molecule has 0 fully saturated rings. The van der Waals surface area contributed by atoms with E-state index in [9.17, 15) is 35.9 Å². The molecule has 0 heterocycles. The van der Waals surface area contributed by atoms with E-state index in [-0.39, 0.29) is 17.5 Å². The highest BCUT2D eigenvalue weighted by Gasteiger charge is 2.16. The third-order valence-corrected chi connectivity index (χ3v) is 3.43. The molecule has 0 bridgehead atoms. The number of ketones is 1. The maximum absolute atomic E-state index is 13.1. The summed E-state index contributed by atoms with van der Waals surface area (Å²) in [7, 11) is 0. The third kappa shape index (κ3) is 4.62. The molecule has 0 saturated carbocycles. The number of carbonyl (C=O) groups is 2. The smallest absolute Gasteiger partial charge is 0.287 e. The van der Waals surface area contributed by atoms with Crippen LogP contribution >= 0.6 is 0 Å². The molecule has 0 aliphatic carbocycles. The van der Waals surface area contributed by atoms with Crippen LogP contribution in [0.4, 0.5) is 26.3 Å². The lowest BCUT2D eigenvalue weighted by Gasteiger charge is -2.06. The average molecular weight is 375 g/mol. The van der Waals surface area contributed by atoms with Gasteiger partial charge in [-0.3, -0.25) is 9.59 Å². The summed E-state index contributed by atoms with van der Waals surface area (Å²) < 4.78 is 77.8. The van der Waals surface area contributed by atoms with Crippen LogP contribution in [0.1, 0.15) is 17.5 Å². The minimum Gasteiger partial charge on any atom is -0.345 e. The standard InChI is InChI=1S/C17H11F6NO2/c18-10-3-8(4-11(19)15(10)22)1-2-14(25)17(26)24-7-9-5-12(20)16(23)13(21)6-9/h3-6H,1-2,7H2,(H,24,26). The van der Waals surface area contributed by atoms with Gasteiger partial charge in [-0.05, 0) is 41.8 Å². The quantitative estimate of drug-likeness (QED) is 0.478. The van der Waals surface area contributed by atoms with Gasteiger partial charge >= 0.3 is 0 Å².